The summed E-state index contributed by atoms with van der Waals surface area (Å²) in [5.41, 5.74) is 2.74. The number of para-hydroxylation sites is 1. The number of nitrogens with zero attached hydrogens (tertiary/aromatic N) is 1. The molecule has 0 bridgehead atoms. The summed E-state index contributed by atoms with van der Waals surface area (Å²) in [5.74, 6) is 0. The van der Waals surface area contributed by atoms with Crippen LogP contribution in [0.2, 0.25) is 0 Å². The summed E-state index contributed by atoms with van der Waals surface area (Å²) in [6, 6.07) is 30.1. The zero-order valence-electron chi connectivity index (χ0n) is 13.5. The Balaban J connectivity index is 1.94. The molecule has 3 aromatic carbocycles. The van der Waals surface area contributed by atoms with Crippen LogP contribution >= 0.6 is 6.19 Å². The molecule has 1 heterocycles. The first-order chi connectivity index (χ1) is 11.8. The zero-order valence-corrected chi connectivity index (χ0v) is 15.2. The van der Waals surface area contributed by atoms with Gasteiger partial charge >= 0.3 is 0 Å². The summed E-state index contributed by atoms with van der Waals surface area (Å²) in [6.45, 7) is 1.03. The Morgan fingerprint density at radius 3 is 1.88 bits per heavy atom. The van der Waals surface area contributed by atoms with Gasteiger partial charge < -0.3 is 4.67 Å². The third-order valence-electron chi connectivity index (χ3n) is 4.64. The van der Waals surface area contributed by atoms with Gasteiger partial charge in [-0.25, -0.2) is 0 Å². The smallest absolute Gasteiger partial charge is 0.0929 e. The Bertz CT molecular complexity index is 833. The van der Waals surface area contributed by atoms with Gasteiger partial charge in [-0.1, -0.05) is 90.7 Å². The average Bonchev–Trinajstić information content (AvgIpc) is 2.68. The van der Waals surface area contributed by atoms with Crippen molar-refractivity contribution in [3.8, 4) is 0 Å². The van der Waals surface area contributed by atoms with Crippen LogP contribution in [0.25, 0.3) is 0 Å². The predicted molar refractivity (Wildman–Crippen MR) is 109 cm³/mol. The number of benzene rings is 3. The summed E-state index contributed by atoms with van der Waals surface area (Å²) in [6.07, 6.45) is 0.241. The van der Waals surface area contributed by atoms with Crippen LogP contribution in [-0.2, 0) is 18.2 Å². The lowest BCUT2D eigenvalue weighted by molar-refractivity contribution is 0.792. The predicted octanol–water partition coefficient (Wildman–Crippen LogP) is 4.48. The lowest BCUT2D eigenvalue weighted by Gasteiger charge is -2.41. The summed E-state index contributed by atoms with van der Waals surface area (Å²) < 4.78 is 2.52. The van der Waals surface area contributed by atoms with Crippen molar-refractivity contribution in [1.82, 2.24) is 0 Å². The highest BCUT2D eigenvalue weighted by molar-refractivity contribution is 8.22. The Morgan fingerprint density at radius 1 is 0.708 bits per heavy atom. The Kier molecular flexibility index (Phi) is 4.26. The number of rotatable bonds is 3. The van der Waals surface area contributed by atoms with Crippen LogP contribution in [0.15, 0.2) is 84.9 Å². The van der Waals surface area contributed by atoms with Crippen LogP contribution in [0, 0.1) is 0 Å². The molecular formula is C21H20NPS. The van der Waals surface area contributed by atoms with E-state index in [9.17, 15) is 0 Å². The summed E-state index contributed by atoms with van der Waals surface area (Å²) in [5, 5.41) is 2.53. The molecule has 3 aromatic rings. The molecule has 3 heteroatoms. The SMILES string of the molecule is S=P(c1ccccc1)(c1ccccc1)N1CCCc2ccccc21. The standard InChI is InChI=1S/C21H20NPS/c24-23(19-12-3-1-4-13-19,20-14-5-2-6-15-20)22-17-9-11-18-10-7-8-16-21(18)22/h1-8,10,12-16H,9,11,17H2. The molecule has 0 saturated heterocycles. The van der Waals surface area contributed by atoms with Crippen molar-refractivity contribution < 1.29 is 0 Å². The molecule has 120 valence electrons. The number of fused-ring (bicyclic) bond motifs is 1. The Hall–Kier alpha value is -1.89. The van der Waals surface area contributed by atoms with E-state index < -0.39 is 6.19 Å². The number of hydrogen-bond acceptors (Lipinski definition) is 1. The Morgan fingerprint density at radius 2 is 1.25 bits per heavy atom. The molecule has 0 aliphatic carbocycles. The van der Waals surface area contributed by atoms with Gasteiger partial charge in [-0.05, 0) is 24.5 Å². The first-order valence-electron chi connectivity index (χ1n) is 8.37. The largest absolute Gasteiger partial charge is 0.337 e. The van der Waals surface area contributed by atoms with Crippen molar-refractivity contribution in [3.63, 3.8) is 0 Å². The van der Waals surface area contributed by atoms with E-state index in [-0.39, 0.29) is 0 Å². The fraction of sp³-hybridized carbons (Fsp3) is 0.143. The first kappa shape index (κ1) is 15.6. The van der Waals surface area contributed by atoms with Gasteiger partial charge in [0.2, 0.25) is 0 Å². The summed E-state index contributed by atoms with van der Waals surface area (Å²) in [4.78, 5) is 0. The van der Waals surface area contributed by atoms with Crippen LogP contribution in [0.4, 0.5) is 5.69 Å². The van der Waals surface area contributed by atoms with Crippen LogP contribution in [0.1, 0.15) is 12.0 Å². The normalized spacial score (nSPS) is 14.2. The third kappa shape index (κ3) is 2.60. The second kappa shape index (κ2) is 6.55. The van der Waals surface area contributed by atoms with Gasteiger partial charge in [0.1, 0.15) is 0 Å². The molecule has 0 radical (unpaired) electrons. The van der Waals surface area contributed by atoms with Gasteiger partial charge in [0.15, 0.2) is 0 Å². The molecule has 0 amide bonds. The highest BCUT2D eigenvalue weighted by Crippen LogP contribution is 2.52. The first-order valence-corrected chi connectivity index (χ1v) is 11.1. The van der Waals surface area contributed by atoms with Crippen molar-refractivity contribution in [2.24, 2.45) is 0 Å². The highest BCUT2D eigenvalue weighted by atomic mass is 32.4. The average molecular weight is 349 g/mol. The molecule has 0 fully saturated rings. The fourth-order valence-electron chi connectivity index (χ4n) is 3.49. The van der Waals surface area contributed by atoms with Gasteiger partial charge in [-0.2, -0.15) is 0 Å². The van der Waals surface area contributed by atoms with Gasteiger partial charge in [-0.3, -0.25) is 0 Å². The van der Waals surface area contributed by atoms with Crippen molar-refractivity contribution >= 4 is 34.3 Å². The van der Waals surface area contributed by atoms with Crippen molar-refractivity contribution in [1.29, 1.82) is 0 Å². The van der Waals surface area contributed by atoms with Gasteiger partial charge in [0.25, 0.3) is 0 Å². The maximum absolute atomic E-state index is 6.47. The van der Waals surface area contributed by atoms with E-state index in [4.69, 9.17) is 11.8 Å². The molecule has 1 nitrogen and oxygen atoms in total. The molecule has 1 aliphatic rings. The van der Waals surface area contributed by atoms with E-state index in [0.717, 1.165) is 19.4 Å². The van der Waals surface area contributed by atoms with E-state index in [2.05, 4.69) is 89.6 Å². The Labute approximate surface area is 149 Å². The minimum atomic E-state index is -2.07. The van der Waals surface area contributed by atoms with Gasteiger partial charge in [0, 0.05) is 22.8 Å². The van der Waals surface area contributed by atoms with E-state index in [1.165, 1.54) is 21.9 Å². The van der Waals surface area contributed by atoms with Crippen LogP contribution < -0.4 is 15.3 Å². The molecule has 0 atom stereocenters. The molecule has 4 rings (SSSR count). The molecule has 0 saturated carbocycles. The summed E-state index contributed by atoms with van der Waals surface area (Å²) >= 11 is 6.47. The lowest BCUT2D eigenvalue weighted by Crippen LogP contribution is -2.35. The molecule has 0 unspecified atom stereocenters. The van der Waals surface area contributed by atoms with E-state index >= 15 is 0 Å². The number of hydrogen-bond donors (Lipinski definition) is 0. The molecule has 1 aliphatic heterocycles. The quantitative estimate of drug-likeness (QED) is 0.641. The number of anilines is 1. The molecule has 0 N–H and O–H groups in total. The molecular weight excluding hydrogens is 329 g/mol. The van der Waals surface area contributed by atoms with E-state index in [0.29, 0.717) is 0 Å². The molecule has 24 heavy (non-hydrogen) atoms. The summed E-state index contributed by atoms with van der Waals surface area (Å²) in [7, 11) is 0. The van der Waals surface area contributed by atoms with E-state index in [1.807, 2.05) is 0 Å². The second-order valence-electron chi connectivity index (χ2n) is 6.10. The van der Waals surface area contributed by atoms with Crippen LogP contribution in [0.3, 0.4) is 0 Å². The van der Waals surface area contributed by atoms with Crippen molar-refractivity contribution in [3.05, 3.63) is 90.5 Å². The lowest BCUT2D eigenvalue weighted by atomic mass is 10.0. The molecule has 0 spiro atoms. The molecule has 0 aromatic heterocycles. The van der Waals surface area contributed by atoms with Crippen molar-refractivity contribution in [2.45, 2.75) is 12.8 Å². The maximum atomic E-state index is 6.47. The van der Waals surface area contributed by atoms with Crippen LogP contribution in [0.5, 0.6) is 0 Å². The zero-order chi connectivity index (χ0) is 16.4. The fourth-order valence-corrected chi connectivity index (χ4v) is 7.66. The maximum Gasteiger partial charge on any atom is 0.0929 e. The third-order valence-corrected chi connectivity index (χ3v) is 9.59. The second-order valence-corrected chi connectivity index (χ2v) is 10.4. The van der Waals surface area contributed by atoms with Crippen molar-refractivity contribution in [2.75, 3.05) is 11.2 Å². The van der Waals surface area contributed by atoms with Gasteiger partial charge in [-0.15, -0.1) is 0 Å². The highest BCUT2D eigenvalue weighted by Gasteiger charge is 2.32. The topological polar surface area (TPSA) is 3.24 Å². The number of aryl methyl sites for hydroxylation is 1. The minimum absolute atomic E-state index is 1.03. The van der Waals surface area contributed by atoms with Crippen LogP contribution in [-0.4, -0.2) is 6.54 Å². The monoisotopic (exact) mass is 349 g/mol. The minimum Gasteiger partial charge on any atom is -0.337 e. The van der Waals surface area contributed by atoms with E-state index in [1.54, 1.807) is 0 Å². The van der Waals surface area contributed by atoms with Gasteiger partial charge in [0.05, 0.1) is 6.19 Å².